The second-order valence-corrected chi connectivity index (χ2v) is 5.21. The molecule has 0 radical (unpaired) electrons. The molecule has 2 aliphatic rings. The molecule has 1 saturated carbocycles. The third kappa shape index (κ3) is 1.46. The van der Waals surface area contributed by atoms with E-state index in [1.54, 1.807) is 0 Å². The van der Waals surface area contributed by atoms with Gasteiger partial charge in [-0.15, -0.1) is 0 Å². The molecule has 15 heavy (non-hydrogen) atoms. The fourth-order valence-electron chi connectivity index (χ4n) is 2.30. The Bertz CT molecular complexity index is 420. The Labute approximate surface area is 97.0 Å². The summed E-state index contributed by atoms with van der Waals surface area (Å²) >= 11 is 3.59. The summed E-state index contributed by atoms with van der Waals surface area (Å²) in [7, 11) is 0. The number of hydrogen-bond acceptors (Lipinski definition) is 2. The summed E-state index contributed by atoms with van der Waals surface area (Å²) in [5.41, 5.74) is 1.19. The second kappa shape index (κ2) is 3.44. The van der Waals surface area contributed by atoms with Crippen LogP contribution in [0.25, 0.3) is 0 Å². The van der Waals surface area contributed by atoms with Gasteiger partial charge < -0.3 is 4.57 Å². The van der Waals surface area contributed by atoms with E-state index < -0.39 is 0 Å². The van der Waals surface area contributed by atoms with Crippen molar-refractivity contribution in [2.24, 2.45) is 0 Å². The Hall–Kier alpha value is -0.640. The molecule has 1 aliphatic heterocycles. The molecule has 3 nitrogen and oxygen atoms in total. The predicted octanol–water partition coefficient (Wildman–Crippen LogP) is 2.43. The first-order valence-corrected chi connectivity index (χ1v) is 6.31. The van der Waals surface area contributed by atoms with E-state index in [4.69, 9.17) is 0 Å². The molecular formula is C11H13BrN2O. The Morgan fingerprint density at radius 3 is 2.80 bits per heavy atom. The molecule has 1 fully saturated rings. The van der Waals surface area contributed by atoms with Gasteiger partial charge in [-0.3, -0.25) is 4.79 Å². The topological polar surface area (TPSA) is 34.9 Å². The number of carbonyl (C=O) groups is 1. The quantitative estimate of drug-likeness (QED) is 0.784. The van der Waals surface area contributed by atoms with Crippen LogP contribution in [-0.2, 0) is 17.8 Å². The number of carbonyl (C=O) groups excluding carboxylic acids is 1. The van der Waals surface area contributed by atoms with Crippen molar-refractivity contribution >= 4 is 21.7 Å². The standard InChI is InChI=1S/C11H13BrN2O/c12-11-10(7-2-1-3-7)13-9-5-4-8(15)6-14(9)11/h7H,1-6H2. The van der Waals surface area contributed by atoms with E-state index in [0.29, 0.717) is 24.7 Å². The first-order chi connectivity index (χ1) is 7.25. The Morgan fingerprint density at radius 1 is 1.33 bits per heavy atom. The van der Waals surface area contributed by atoms with Gasteiger partial charge in [-0.25, -0.2) is 4.98 Å². The van der Waals surface area contributed by atoms with Gasteiger partial charge in [0.15, 0.2) is 5.78 Å². The number of rotatable bonds is 1. The highest BCUT2D eigenvalue weighted by atomic mass is 79.9. The van der Waals surface area contributed by atoms with E-state index in [9.17, 15) is 4.79 Å². The maximum Gasteiger partial charge on any atom is 0.153 e. The minimum Gasteiger partial charge on any atom is -0.315 e. The van der Waals surface area contributed by atoms with Crippen LogP contribution in [0.4, 0.5) is 0 Å². The number of nitrogens with zero attached hydrogens (tertiary/aromatic N) is 2. The number of aryl methyl sites for hydroxylation is 1. The van der Waals surface area contributed by atoms with Gasteiger partial charge in [-0.2, -0.15) is 0 Å². The lowest BCUT2D eigenvalue weighted by molar-refractivity contribution is -0.120. The van der Waals surface area contributed by atoms with Crippen LogP contribution in [0.2, 0.25) is 0 Å². The second-order valence-electron chi connectivity index (χ2n) is 4.46. The summed E-state index contributed by atoms with van der Waals surface area (Å²) in [4.78, 5) is 16.0. The highest BCUT2D eigenvalue weighted by molar-refractivity contribution is 9.10. The lowest BCUT2D eigenvalue weighted by Gasteiger charge is -2.23. The highest BCUT2D eigenvalue weighted by Crippen LogP contribution is 2.40. The Kier molecular flexibility index (Phi) is 2.20. The normalized spacial score (nSPS) is 21.3. The lowest BCUT2D eigenvalue weighted by Crippen LogP contribution is -2.19. The van der Waals surface area contributed by atoms with Crippen LogP contribution in [0.3, 0.4) is 0 Å². The predicted molar refractivity (Wildman–Crippen MR) is 59.8 cm³/mol. The van der Waals surface area contributed by atoms with Gasteiger partial charge in [0.05, 0.1) is 12.2 Å². The third-order valence-electron chi connectivity index (χ3n) is 3.46. The maximum absolute atomic E-state index is 11.4. The average molecular weight is 269 g/mol. The van der Waals surface area contributed by atoms with Crippen molar-refractivity contribution in [3.05, 3.63) is 16.1 Å². The van der Waals surface area contributed by atoms with Gasteiger partial charge in [-0.1, -0.05) is 6.42 Å². The van der Waals surface area contributed by atoms with Gasteiger partial charge in [0.25, 0.3) is 0 Å². The SMILES string of the molecule is O=C1CCc2nc(C3CCC3)c(Br)n2C1. The molecule has 0 spiro atoms. The van der Waals surface area contributed by atoms with E-state index in [1.807, 2.05) is 4.57 Å². The zero-order chi connectivity index (χ0) is 10.4. The number of ketones is 1. The number of halogens is 1. The number of aromatic nitrogens is 2. The van der Waals surface area contributed by atoms with Crippen LogP contribution < -0.4 is 0 Å². The van der Waals surface area contributed by atoms with Crippen LogP contribution in [0.5, 0.6) is 0 Å². The average Bonchev–Trinajstić information content (AvgIpc) is 2.43. The summed E-state index contributed by atoms with van der Waals surface area (Å²) in [5, 5.41) is 0. The van der Waals surface area contributed by atoms with Crippen LogP contribution >= 0.6 is 15.9 Å². The smallest absolute Gasteiger partial charge is 0.153 e. The minimum atomic E-state index is 0.320. The fourth-order valence-corrected chi connectivity index (χ4v) is 3.04. The van der Waals surface area contributed by atoms with Crippen molar-refractivity contribution in [2.45, 2.75) is 44.6 Å². The van der Waals surface area contributed by atoms with Crippen LogP contribution in [0.15, 0.2) is 4.60 Å². The van der Waals surface area contributed by atoms with Gasteiger partial charge >= 0.3 is 0 Å². The van der Waals surface area contributed by atoms with Gasteiger partial charge in [0.1, 0.15) is 10.4 Å². The zero-order valence-electron chi connectivity index (χ0n) is 8.50. The Morgan fingerprint density at radius 2 is 2.13 bits per heavy atom. The molecule has 0 bridgehead atoms. The number of imidazole rings is 1. The first-order valence-electron chi connectivity index (χ1n) is 5.52. The summed E-state index contributed by atoms with van der Waals surface area (Å²) in [5.74, 6) is 2.04. The zero-order valence-corrected chi connectivity index (χ0v) is 10.1. The molecule has 2 heterocycles. The van der Waals surface area contributed by atoms with Gasteiger partial charge in [0.2, 0.25) is 0 Å². The molecule has 3 rings (SSSR count). The fraction of sp³-hybridized carbons (Fsp3) is 0.636. The molecule has 0 atom stereocenters. The molecule has 80 valence electrons. The minimum absolute atomic E-state index is 0.320. The number of fused-ring (bicyclic) bond motifs is 1. The highest BCUT2D eigenvalue weighted by Gasteiger charge is 2.29. The first kappa shape index (κ1) is 9.58. The van der Waals surface area contributed by atoms with Gasteiger partial charge in [0, 0.05) is 18.8 Å². The molecule has 1 aromatic heterocycles. The van der Waals surface area contributed by atoms with E-state index in [-0.39, 0.29) is 0 Å². The molecule has 4 heteroatoms. The maximum atomic E-state index is 11.4. The van der Waals surface area contributed by atoms with Crippen LogP contribution in [0, 0.1) is 0 Å². The summed E-state index contributed by atoms with van der Waals surface area (Å²) in [6.07, 6.45) is 5.29. The molecule has 0 unspecified atom stereocenters. The van der Waals surface area contributed by atoms with Crippen molar-refractivity contribution in [3.63, 3.8) is 0 Å². The molecule has 1 aliphatic carbocycles. The van der Waals surface area contributed by atoms with Crippen LogP contribution in [0.1, 0.15) is 43.1 Å². The van der Waals surface area contributed by atoms with Crippen molar-refractivity contribution in [2.75, 3.05) is 0 Å². The number of Topliss-reactive ketones (excluding diaryl/α,β-unsaturated/α-hetero) is 1. The molecule has 0 saturated heterocycles. The summed E-state index contributed by atoms with van der Waals surface area (Å²) in [6, 6.07) is 0. The van der Waals surface area contributed by atoms with E-state index in [2.05, 4.69) is 20.9 Å². The summed E-state index contributed by atoms with van der Waals surface area (Å²) < 4.78 is 3.09. The van der Waals surface area contributed by atoms with Crippen molar-refractivity contribution in [1.82, 2.24) is 9.55 Å². The van der Waals surface area contributed by atoms with Crippen molar-refractivity contribution in [3.8, 4) is 0 Å². The van der Waals surface area contributed by atoms with Crippen molar-refractivity contribution < 1.29 is 4.79 Å². The van der Waals surface area contributed by atoms with E-state index in [0.717, 1.165) is 16.8 Å². The van der Waals surface area contributed by atoms with Gasteiger partial charge in [-0.05, 0) is 28.8 Å². The largest absolute Gasteiger partial charge is 0.315 e. The number of hydrogen-bond donors (Lipinski definition) is 0. The molecule has 0 aromatic carbocycles. The molecule has 0 N–H and O–H groups in total. The van der Waals surface area contributed by atoms with E-state index >= 15 is 0 Å². The van der Waals surface area contributed by atoms with Crippen LogP contribution in [-0.4, -0.2) is 15.3 Å². The molecule has 0 amide bonds. The monoisotopic (exact) mass is 268 g/mol. The molecule has 1 aromatic rings. The lowest BCUT2D eigenvalue weighted by atomic mass is 9.83. The summed E-state index contributed by atoms with van der Waals surface area (Å²) in [6.45, 7) is 0.510. The Balaban J connectivity index is 2.00. The molecular weight excluding hydrogens is 256 g/mol. The van der Waals surface area contributed by atoms with Crippen molar-refractivity contribution in [1.29, 1.82) is 0 Å². The third-order valence-corrected chi connectivity index (χ3v) is 4.30. The van der Waals surface area contributed by atoms with E-state index in [1.165, 1.54) is 25.0 Å².